The van der Waals surface area contributed by atoms with E-state index in [-0.39, 0.29) is 6.03 Å². The molecular weight excluding hydrogens is 350 g/mol. The number of nitrogens with zero attached hydrogens (tertiary/aromatic N) is 3. The van der Waals surface area contributed by atoms with E-state index in [2.05, 4.69) is 26.3 Å². The Kier molecular flexibility index (Phi) is 5.28. The van der Waals surface area contributed by atoms with Crippen molar-refractivity contribution in [2.45, 2.75) is 52.0 Å². The number of imidazole rings is 1. The second-order valence-electron chi connectivity index (χ2n) is 7.63. The zero-order valence-corrected chi connectivity index (χ0v) is 16.5. The molecule has 0 unspecified atom stereocenters. The van der Waals surface area contributed by atoms with Gasteiger partial charge in [-0.05, 0) is 50.5 Å². The van der Waals surface area contributed by atoms with Crippen molar-refractivity contribution < 1.29 is 4.79 Å². The minimum atomic E-state index is -0.186. The minimum Gasteiger partial charge on any atom is -0.337 e. The SMILES string of the molecule is Cc1ccc(NC(=O)NCCc2nc3cccnc3n2C2CCCC2)c(C)c1. The third-order valence-electron chi connectivity index (χ3n) is 5.48. The summed E-state index contributed by atoms with van der Waals surface area (Å²) in [7, 11) is 0. The molecule has 6 heteroatoms. The zero-order valence-electron chi connectivity index (χ0n) is 16.5. The van der Waals surface area contributed by atoms with Crippen molar-refractivity contribution in [3.8, 4) is 0 Å². The Morgan fingerprint density at radius 1 is 1.21 bits per heavy atom. The third-order valence-corrected chi connectivity index (χ3v) is 5.48. The highest BCUT2D eigenvalue weighted by molar-refractivity contribution is 5.90. The first-order valence-electron chi connectivity index (χ1n) is 10.1. The van der Waals surface area contributed by atoms with Gasteiger partial charge < -0.3 is 15.2 Å². The fourth-order valence-corrected chi connectivity index (χ4v) is 4.11. The number of hydrogen-bond donors (Lipinski definition) is 2. The maximum atomic E-state index is 12.3. The number of urea groups is 1. The Balaban J connectivity index is 1.42. The van der Waals surface area contributed by atoms with Gasteiger partial charge >= 0.3 is 6.03 Å². The number of amides is 2. The van der Waals surface area contributed by atoms with E-state index in [1.807, 2.05) is 44.3 Å². The van der Waals surface area contributed by atoms with E-state index < -0.39 is 0 Å². The van der Waals surface area contributed by atoms with Crippen molar-refractivity contribution >= 4 is 22.9 Å². The lowest BCUT2D eigenvalue weighted by Gasteiger charge is -2.16. The van der Waals surface area contributed by atoms with Crippen LogP contribution in [-0.2, 0) is 6.42 Å². The van der Waals surface area contributed by atoms with Crippen molar-refractivity contribution in [3.63, 3.8) is 0 Å². The van der Waals surface area contributed by atoms with Gasteiger partial charge in [0.15, 0.2) is 5.65 Å². The molecule has 2 aromatic heterocycles. The highest BCUT2D eigenvalue weighted by atomic mass is 16.2. The van der Waals surface area contributed by atoms with Crippen LogP contribution in [0.5, 0.6) is 0 Å². The lowest BCUT2D eigenvalue weighted by molar-refractivity contribution is 0.252. The van der Waals surface area contributed by atoms with Gasteiger partial charge in [0, 0.05) is 30.9 Å². The van der Waals surface area contributed by atoms with E-state index >= 15 is 0 Å². The summed E-state index contributed by atoms with van der Waals surface area (Å²) in [6, 6.07) is 10.2. The molecule has 4 rings (SSSR count). The molecule has 146 valence electrons. The molecule has 0 spiro atoms. The van der Waals surface area contributed by atoms with Crippen molar-refractivity contribution in [1.82, 2.24) is 19.9 Å². The third kappa shape index (κ3) is 3.86. The van der Waals surface area contributed by atoms with Crippen LogP contribution in [0.2, 0.25) is 0 Å². The van der Waals surface area contributed by atoms with Gasteiger partial charge in [-0.25, -0.2) is 14.8 Å². The molecule has 1 aliphatic carbocycles. The molecule has 0 radical (unpaired) electrons. The van der Waals surface area contributed by atoms with Gasteiger partial charge in [-0.1, -0.05) is 30.5 Å². The molecule has 6 nitrogen and oxygen atoms in total. The molecule has 0 aliphatic heterocycles. The predicted molar refractivity (Wildman–Crippen MR) is 112 cm³/mol. The Hall–Kier alpha value is -2.89. The maximum absolute atomic E-state index is 12.3. The second kappa shape index (κ2) is 8.00. The summed E-state index contributed by atoms with van der Waals surface area (Å²) in [5.74, 6) is 1.01. The highest BCUT2D eigenvalue weighted by Crippen LogP contribution is 2.33. The van der Waals surface area contributed by atoms with Gasteiger partial charge in [-0.3, -0.25) is 0 Å². The highest BCUT2D eigenvalue weighted by Gasteiger charge is 2.23. The number of nitrogens with one attached hydrogen (secondary N) is 2. The van der Waals surface area contributed by atoms with E-state index in [1.54, 1.807) is 0 Å². The van der Waals surface area contributed by atoms with Gasteiger partial charge in [0.25, 0.3) is 0 Å². The molecule has 1 aliphatic rings. The Morgan fingerprint density at radius 3 is 2.82 bits per heavy atom. The smallest absolute Gasteiger partial charge is 0.319 e. The predicted octanol–water partition coefficient (Wildman–Crippen LogP) is 4.53. The van der Waals surface area contributed by atoms with Crippen LogP contribution < -0.4 is 10.6 Å². The summed E-state index contributed by atoms with van der Waals surface area (Å²) in [4.78, 5) is 21.6. The van der Waals surface area contributed by atoms with Crippen LogP contribution in [-0.4, -0.2) is 27.1 Å². The molecule has 2 amide bonds. The topological polar surface area (TPSA) is 71.8 Å². The normalized spacial score (nSPS) is 14.5. The Bertz CT molecular complexity index is 988. The molecular formula is C22H27N5O. The number of anilines is 1. The number of hydrogen-bond acceptors (Lipinski definition) is 3. The fourth-order valence-electron chi connectivity index (χ4n) is 4.11. The second-order valence-corrected chi connectivity index (χ2v) is 7.63. The van der Waals surface area contributed by atoms with Crippen molar-refractivity contribution in [2.24, 2.45) is 0 Å². The number of pyridine rings is 1. The van der Waals surface area contributed by atoms with E-state index in [1.165, 1.54) is 31.2 Å². The molecule has 0 saturated heterocycles. The summed E-state index contributed by atoms with van der Waals surface area (Å²) in [6.07, 6.45) is 7.38. The number of fused-ring (bicyclic) bond motifs is 1. The van der Waals surface area contributed by atoms with E-state index in [9.17, 15) is 4.79 Å². The molecule has 28 heavy (non-hydrogen) atoms. The number of rotatable bonds is 5. The molecule has 1 fully saturated rings. The molecule has 2 N–H and O–H groups in total. The van der Waals surface area contributed by atoms with Crippen molar-refractivity contribution in [3.05, 3.63) is 53.5 Å². The standard InChI is InChI=1S/C22H27N5O/c1-15-9-10-18(16(2)14-15)26-22(28)24-13-11-20-25-19-8-5-12-23-21(19)27(20)17-6-3-4-7-17/h5,8-10,12,14,17H,3-4,6-7,11,13H2,1-2H3,(H2,24,26,28). The van der Waals surface area contributed by atoms with Crippen LogP contribution in [0.25, 0.3) is 11.2 Å². The van der Waals surface area contributed by atoms with Gasteiger partial charge in [-0.15, -0.1) is 0 Å². The van der Waals surface area contributed by atoms with Crippen LogP contribution in [0, 0.1) is 13.8 Å². The van der Waals surface area contributed by atoms with E-state index in [0.29, 0.717) is 19.0 Å². The number of benzene rings is 1. The van der Waals surface area contributed by atoms with Crippen LogP contribution >= 0.6 is 0 Å². The van der Waals surface area contributed by atoms with Gasteiger partial charge in [0.1, 0.15) is 11.3 Å². The number of carbonyl (C=O) groups excluding carboxylic acids is 1. The van der Waals surface area contributed by atoms with E-state index in [4.69, 9.17) is 4.98 Å². The Morgan fingerprint density at radius 2 is 2.04 bits per heavy atom. The monoisotopic (exact) mass is 377 g/mol. The van der Waals surface area contributed by atoms with Crippen LogP contribution in [0.15, 0.2) is 36.5 Å². The van der Waals surface area contributed by atoms with Crippen molar-refractivity contribution in [1.29, 1.82) is 0 Å². The molecule has 2 heterocycles. The average Bonchev–Trinajstić information content (AvgIpc) is 3.31. The number of aryl methyl sites for hydroxylation is 2. The molecule has 1 saturated carbocycles. The van der Waals surface area contributed by atoms with Gasteiger partial charge in [0.05, 0.1) is 0 Å². The molecule has 3 aromatic rings. The summed E-state index contributed by atoms with van der Waals surface area (Å²) >= 11 is 0. The van der Waals surface area contributed by atoms with Crippen LogP contribution in [0.1, 0.15) is 48.7 Å². The molecule has 0 atom stereocenters. The molecule has 1 aromatic carbocycles. The van der Waals surface area contributed by atoms with Gasteiger partial charge in [0.2, 0.25) is 0 Å². The van der Waals surface area contributed by atoms with Gasteiger partial charge in [-0.2, -0.15) is 0 Å². The summed E-state index contributed by atoms with van der Waals surface area (Å²) in [5.41, 5.74) is 4.98. The summed E-state index contributed by atoms with van der Waals surface area (Å²) in [5, 5.41) is 5.89. The average molecular weight is 377 g/mol. The lowest BCUT2D eigenvalue weighted by atomic mass is 10.1. The zero-order chi connectivity index (χ0) is 19.5. The molecule has 0 bridgehead atoms. The lowest BCUT2D eigenvalue weighted by Crippen LogP contribution is -2.31. The largest absolute Gasteiger partial charge is 0.337 e. The van der Waals surface area contributed by atoms with E-state index in [0.717, 1.165) is 28.2 Å². The first kappa shape index (κ1) is 18.5. The fraction of sp³-hybridized carbons (Fsp3) is 0.409. The number of aromatic nitrogens is 3. The first-order valence-corrected chi connectivity index (χ1v) is 10.1. The van der Waals surface area contributed by atoms with Crippen molar-refractivity contribution in [2.75, 3.05) is 11.9 Å². The number of carbonyl (C=O) groups is 1. The van der Waals surface area contributed by atoms with Crippen LogP contribution in [0.4, 0.5) is 10.5 Å². The summed E-state index contributed by atoms with van der Waals surface area (Å²) in [6.45, 7) is 4.58. The first-order chi connectivity index (χ1) is 13.6. The van der Waals surface area contributed by atoms with Crippen LogP contribution in [0.3, 0.4) is 0 Å². The maximum Gasteiger partial charge on any atom is 0.319 e. The summed E-state index contributed by atoms with van der Waals surface area (Å²) < 4.78 is 2.30. The quantitative estimate of drug-likeness (QED) is 0.686. The Labute approximate surface area is 165 Å². The minimum absolute atomic E-state index is 0.186.